The normalized spacial score (nSPS) is 26.2. The van der Waals surface area contributed by atoms with Crippen molar-refractivity contribution in [1.29, 1.82) is 0 Å². The van der Waals surface area contributed by atoms with Crippen LogP contribution in [-0.4, -0.2) is 29.5 Å². The van der Waals surface area contributed by atoms with Gasteiger partial charge < -0.3 is 11.2 Å². The quantitative estimate of drug-likeness (QED) is 0.537. The van der Waals surface area contributed by atoms with Gasteiger partial charge in [-0.25, -0.2) is 0 Å². The van der Waals surface area contributed by atoms with Crippen molar-refractivity contribution >= 4 is 29.0 Å². The van der Waals surface area contributed by atoms with Crippen LogP contribution in [0.5, 0.6) is 0 Å². The third-order valence-corrected chi connectivity index (χ3v) is 3.59. The summed E-state index contributed by atoms with van der Waals surface area (Å²) in [5, 5.41) is 6.12. The molecule has 7 heteroatoms. The van der Waals surface area contributed by atoms with Crippen LogP contribution in [0, 0.1) is 5.92 Å². The Morgan fingerprint density at radius 2 is 2.05 bits per heavy atom. The van der Waals surface area contributed by atoms with Crippen molar-refractivity contribution in [3.63, 3.8) is 0 Å². The van der Waals surface area contributed by atoms with Gasteiger partial charge in [0.2, 0.25) is 0 Å². The molecular weight excluding hydrogens is 260 g/mol. The fourth-order valence-corrected chi connectivity index (χ4v) is 2.73. The lowest BCUT2D eigenvalue weighted by atomic mass is 9.97. The molecule has 0 spiro atoms. The van der Waals surface area contributed by atoms with Crippen molar-refractivity contribution in [2.45, 2.75) is 13.1 Å². The zero-order chi connectivity index (χ0) is 14.4. The van der Waals surface area contributed by atoms with Crippen LogP contribution in [0.2, 0.25) is 0 Å². The summed E-state index contributed by atoms with van der Waals surface area (Å²) in [6, 6.07) is 6.71. The van der Waals surface area contributed by atoms with E-state index in [-0.39, 0.29) is 17.4 Å². The topological polar surface area (TPSA) is 105 Å². The predicted octanol–water partition coefficient (Wildman–Crippen LogP) is -0.377. The van der Waals surface area contributed by atoms with Crippen molar-refractivity contribution in [2.24, 2.45) is 16.9 Å². The van der Waals surface area contributed by atoms with Gasteiger partial charge in [-0.05, 0) is 19.1 Å². The van der Waals surface area contributed by atoms with Gasteiger partial charge in [0.05, 0.1) is 11.3 Å². The monoisotopic (exact) mass is 272 g/mol. The molecular formula is C13H12N4O3. The number of anilines is 1. The number of fused-ring (bicyclic) bond motifs is 3. The summed E-state index contributed by atoms with van der Waals surface area (Å²) >= 11 is 0. The summed E-state index contributed by atoms with van der Waals surface area (Å²) in [6.45, 7) is 1.35. The van der Waals surface area contributed by atoms with Crippen LogP contribution in [-0.2, 0) is 9.59 Å². The number of Topliss-reactive ketones (excluding diaryl/α,β-unsaturated/α-hetero) is 1. The van der Waals surface area contributed by atoms with E-state index in [0.717, 1.165) is 0 Å². The van der Waals surface area contributed by atoms with E-state index in [2.05, 4.69) is 10.4 Å². The van der Waals surface area contributed by atoms with E-state index in [1.165, 1.54) is 11.8 Å². The predicted molar refractivity (Wildman–Crippen MR) is 71.0 cm³/mol. The Morgan fingerprint density at radius 1 is 1.35 bits per heavy atom. The van der Waals surface area contributed by atoms with Gasteiger partial charge in [-0.3, -0.25) is 19.3 Å². The van der Waals surface area contributed by atoms with Crippen molar-refractivity contribution < 1.29 is 14.4 Å². The molecule has 20 heavy (non-hydrogen) atoms. The number of amides is 2. The maximum atomic E-state index is 12.4. The second kappa shape index (κ2) is 4.16. The summed E-state index contributed by atoms with van der Waals surface area (Å²) in [4.78, 5) is 37.6. The maximum Gasteiger partial charge on any atom is 0.277 e. The second-order valence-electron chi connectivity index (χ2n) is 4.71. The zero-order valence-electron chi connectivity index (χ0n) is 10.7. The van der Waals surface area contributed by atoms with Gasteiger partial charge in [0.15, 0.2) is 0 Å². The van der Waals surface area contributed by atoms with Crippen molar-refractivity contribution in [1.82, 2.24) is 5.32 Å². The highest BCUT2D eigenvalue weighted by atomic mass is 16.2. The summed E-state index contributed by atoms with van der Waals surface area (Å²) in [5.74, 6) is 3.35. The lowest BCUT2D eigenvalue weighted by Gasteiger charge is -2.33. The zero-order valence-corrected chi connectivity index (χ0v) is 10.7. The third kappa shape index (κ3) is 1.46. The number of ketones is 1. The van der Waals surface area contributed by atoms with Gasteiger partial charge in [-0.2, -0.15) is 5.10 Å². The average molecular weight is 272 g/mol. The van der Waals surface area contributed by atoms with Gasteiger partial charge in [0.25, 0.3) is 11.8 Å². The minimum absolute atomic E-state index is 0.0282. The summed E-state index contributed by atoms with van der Waals surface area (Å²) in [6.07, 6.45) is -0.760. The Kier molecular flexibility index (Phi) is 2.56. The molecule has 0 aliphatic carbocycles. The number of benzene rings is 1. The number of nitrogens with two attached hydrogens (primary N) is 1. The molecule has 2 atom stereocenters. The van der Waals surface area contributed by atoms with Crippen molar-refractivity contribution in [3.8, 4) is 0 Å². The van der Waals surface area contributed by atoms with Crippen LogP contribution in [0.3, 0.4) is 0 Å². The average Bonchev–Trinajstić information content (AvgIpc) is 2.71. The highest BCUT2D eigenvalue weighted by Crippen LogP contribution is 2.34. The fraction of sp³-hybridized carbons (Fsp3) is 0.231. The molecule has 1 aromatic rings. The van der Waals surface area contributed by atoms with Crippen LogP contribution < -0.4 is 16.1 Å². The number of para-hydroxylation sites is 1. The SMILES string of the molecule is CC(=O)C1/C(=N\N)C(=O)N2c3ccccc3C(=O)NC12. The highest BCUT2D eigenvalue weighted by molar-refractivity contribution is 6.50. The Hall–Kier alpha value is -2.70. The minimum atomic E-state index is -0.843. The smallest absolute Gasteiger partial charge is 0.277 e. The number of rotatable bonds is 1. The first-order chi connectivity index (χ1) is 9.56. The molecule has 2 aliphatic heterocycles. The molecule has 102 valence electrons. The molecule has 0 radical (unpaired) electrons. The molecule has 3 rings (SSSR count). The molecule has 2 heterocycles. The Labute approximate surface area is 114 Å². The molecule has 0 saturated carbocycles. The van der Waals surface area contributed by atoms with Crippen LogP contribution in [0.1, 0.15) is 17.3 Å². The Bertz CT molecular complexity index is 667. The maximum absolute atomic E-state index is 12.4. The highest BCUT2D eigenvalue weighted by Gasteiger charge is 2.52. The van der Waals surface area contributed by atoms with E-state index in [1.54, 1.807) is 24.3 Å². The number of carbonyl (C=O) groups is 3. The molecule has 1 saturated heterocycles. The third-order valence-electron chi connectivity index (χ3n) is 3.59. The largest absolute Gasteiger partial charge is 0.330 e. The van der Waals surface area contributed by atoms with E-state index >= 15 is 0 Å². The van der Waals surface area contributed by atoms with Crippen LogP contribution >= 0.6 is 0 Å². The summed E-state index contributed by atoms with van der Waals surface area (Å²) in [5.41, 5.74) is 0.827. The number of nitrogens with one attached hydrogen (secondary N) is 1. The summed E-state index contributed by atoms with van der Waals surface area (Å²) < 4.78 is 0. The van der Waals surface area contributed by atoms with Crippen LogP contribution in [0.25, 0.3) is 0 Å². The standard InChI is InChI=1S/C13H12N4O3/c1-6(18)9-10(16-14)13(20)17-8-5-3-2-4-7(8)12(19)15-11(9)17/h2-5,9,11H,14H2,1H3,(H,15,19)/b16-10+. The van der Waals surface area contributed by atoms with E-state index < -0.39 is 18.0 Å². The van der Waals surface area contributed by atoms with Gasteiger partial charge in [0.1, 0.15) is 23.6 Å². The first-order valence-corrected chi connectivity index (χ1v) is 6.08. The molecule has 1 fully saturated rings. The first-order valence-electron chi connectivity index (χ1n) is 6.08. The second-order valence-corrected chi connectivity index (χ2v) is 4.71. The van der Waals surface area contributed by atoms with Gasteiger partial charge in [-0.1, -0.05) is 12.1 Å². The molecule has 0 aromatic heterocycles. The van der Waals surface area contributed by atoms with Crippen molar-refractivity contribution in [3.05, 3.63) is 29.8 Å². The van der Waals surface area contributed by atoms with Gasteiger partial charge in [-0.15, -0.1) is 0 Å². The molecule has 2 aliphatic rings. The van der Waals surface area contributed by atoms with E-state index in [0.29, 0.717) is 11.3 Å². The van der Waals surface area contributed by atoms with Gasteiger partial charge >= 0.3 is 0 Å². The molecule has 3 N–H and O–H groups in total. The number of carbonyl (C=O) groups excluding carboxylic acids is 3. The first kappa shape index (κ1) is 12.3. The fourth-order valence-electron chi connectivity index (χ4n) is 2.73. The molecule has 2 amide bonds. The Balaban J connectivity index is 2.19. The van der Waals surface area contributed by atoms with Crippen molar-refractivity contribution in [2.75, 3.05) is 4.90 Å². The molecule has 7 nitrogen and oxygen atoms in total. The number of hydrazone groups is 1. The molecule has 0 bridgehead atoms. The lowest BCUT2D eigenvalue weighted by molar-refractivity contribution is -0.119. The number of hydrogen-bond acceptors (Lipinski definition) is 5. The summed E-state index contributed by atoms with van der Waals surface area (Å²) in [7, 11) is 0. The van der Waals surface area contributed by atoms with Gasteiger partial charge in [0, 0.05) is 0 Å². The van der Waals surface area contributed by atoms with E-state index in [4.69, 9.17) is 5.84 Å². The lowest BCUT2D eigenvalue weighted by Crippen LogP contribution is -2.54. The number of nitrogens with zero attached hydrogens (tertiary/aromatic N) is 2. The van der Waals surface area contributed by atoms with E-state index in [1.807, 2.05) is 0 Å². The molecule has 1 aromatic carbocycles. The van der Waals surface area contributed by atoms with E-state index in [9.17, 15) is 14.4 Å². The molecule has 2 unspecified atom stereocenters. The Morgan fingerprint density at radius 3 is 2.70 bits per heavy atom. The number of hydrogen-bond donors (Lipinski definition) is 2. The van der Waals surface area contributed by atoms with Crippen LogP contribution in [0.15, 0.2) is 29.4 Å². The van der Waals surface area contributed by atoms with Crippen LogP contribution in [0.4, 0.5) is 5.69 Å². The minimum Gasteiger partial charge on any atom is -0.330 e.